The van der Waals surface area contributed by atoms with Crippen LogP contribution in [0.2, 0.25) is 0 Å². The molecule has 1 rings (SSSR count). The van der Waals surface area contributed by atoms with Gasteiger partial charge in [-0.25, -0.2) is 0 Å². The molecule has 0 fully saturated rings. The number of benzene rings is 1. The molecule has 0 amide bonds. The van der Waals surface area contributed by atoms with E-state index in [0.717, 1.165) is 17.9 Å². The molecule has 1 aromatic rings. The molecule has 2 heteroatoms. The first-order valence-electron chi connectivity index (χ1n) is 4.79. The Morgan fingerprint density at radius 3 is 2.86 bits per heavy atom. The van der Waals surface area contributed by atoms with Crippen molar-refractivity contribution < 1.29 is 0 Å². The fourth-order valence-corrected chi connectivity index (χ4v) is 2.13. The summed E-state index contributed by atoms with van der Waals surface area (Å²) < 4.78 is 0. The molecule has 76 valence electrons. The van der Waals surface area contributed by atoms with Crippen molar-refractivity contribution in [3.05, 3.63) is 35.9 Å². The minimum Gasteiger partial charge on any atom is -0.399 e. The van der Waals surface area contributed by atoms with Crippen LogP contribution >= 0.6 is 11.8 Å². The fourth-order valence-electron chi connectivity index (χ4n) is 1.05. The molecule has 0 aromatic heterocycles. The highest BCUT2D eigenvalue weighted by atomic mass is 32.2. The lowest BCUT2D eigenvalue weighted by atomic mass is 10.2. The molecule has 0 atom stereocenters. The molecule has 0 saturated heterocycles. The van der Waals surface area contributed by atoms with Crippen LogP contribution in [-0.4, -0.2) is 5.75 Å². The second-order valence-corrected chi connectivity index (χ2v) is 4.43. The summed E-state index contributed by atoms with van der Waals surface area (Å²) in [5, 5.41) is 0. The van der Waals surface area contributed by atoms with Crippen LogP contribution in [0.1, 0.15) is 18.9 Å². The van der Waals surface area contributed by atoms with E-state index in [4.69, 9.17) is 5.73 Å². The maximum atomic E-state index is 5.73. The zero-order valence-corrected chi connectivity index (χ0v) is 9.66. The topological polar surface area (TPSA) is 26.0 Å². The quantitative estimate of drug-likeness (QED) is 0.463. The summed E-state index contributed by atoms with van der Waals surface area (Å²) in [5.41, 5.74) is 9.12. The highest BCUT2D eigenvalue weighted by Gasteiger charge is 2.00. The number of hydrogen-bond acceptors (Lipinski definition) is 2. The molecule has 0 aliphatic rings. The van der Waals surface area contributed by atoms with Gasteiger partial charge in [0.15, 0.2) is 0 Å². The van der Waals surface area contributed by atoms with Crippen molar-refractivity contribution in [3.8, 4) is 0 Å². The van der Waals surface area contributed by atoms with E-state index >= 15 is 0 Å². The molecule has 0 spiro atoms. The van der Waals surface area contributed by atoms with Gasteiger partial charge in [0.25, 0.3) is 0 Å². The first kappa shape index (κ1) is 11.2. The summed E-state index contributed by atoms with van der Waals surface area (Å²) in [6.45, 7) is 8.23. The van der Waals surface area contributed by atoms with Crippen LogP contribution in [0.4, 0.5) is 5.69 Å². The molecular weight excluding hydrogens is 190 g/mol. The Balaban J connectivity index is 2.66. The Morgan fingerprint density at radius 2 is 2.21 bits per heavy atom. The number of thioether (sulfide) groups is 1. The largest absolute Gasteiger partial charge is 0.399 e. The molecular formula is C12H17NS. The number of aryl methyl sites for hydroxylation is 1. The van der Waals surface area contributed by atoms with Gasteiger partial charge in [0.05, 0.1) is 0 Å². The zero-order chi connectivity index (χ0) is 10.6. The number of nitrogen functional groups attached to an aromatic ring is 1. The lowest BCUT2D eigenvalue weighted by Crippen LogP contribution is -1.89. The van der Waals surface area contributed by atoms with E-state index < -0.39 is 0 Å². The van der Waals surface area contributed by atoms with Gasteiger partial charge in [-0.1, -0.05) is 25.1 Å². The maximum absolute atomic E-state index is 5.73. The van der Waals surface area contributed by atoms with Crippen LogP contribution in [0.15, 0.2) is 35.2 Å². The molecule has 0 saturated carbocycles. The van der Waals surface area contributed by atoms with Crippen LogP contribution in [0.3, 0.4) is 0 Å². The lowest BCUT2D eigenvalue weighted by Gasteiger charge is -2.07. The third-order valence-corrected chi connectivity index (χ3v) is 3.45. The predicted octanol–water partition coefficient (Wildman–Crippen LogP) is 3.64. The van der Waals surface area contributed by atoms with Crippen LogP contribution in [-0.2, 0) is 0 Å². The Bertz CT molecular complexity index is 331. The summed E-state index contributed by atoms with van der Waals surface area (Å²) in [4.78, 5) is 1.26. The monoisotopic (exact) mass is 207 g/mol. The second kappa shape index (κ2) is 5.11. The van der Waals surface area contributed by atoms with Gasteiger partial charge in [0.1, 0.15) is 0 Å². The van der Waals surface area contributed by atoms with E-state index in [0.29, 0.717) is 0 Å². The van der Waals surface area contributed by atoms with Gasteiger partial charge in [-0.15, -0.1) is 11.8 Å². The number of anilines is 1. The maximum Gasteiger partial charge on any atom is 0.0325 e. The minimum atomic E-state index is 0.834. The zero-order valence-electron chi connectivity index (χ0n) is 8.84. The highest BCUT2D eigenvalue weighted by Crippen LogP contribution is 2.26. The standard InChI is InChI=1S/C12H17NS/c1-4-9(2)8-14-12-7-11(13)6-5-10(12)3/h5-7H,2,4,8,13H2,1,3H3. The Morgan fingerprint density at radius 1 is 1.50 bits per heavy atom. The third kappa shape index (κ3) is 3.11. The first-order chi connectivity index (χ1) is 6.63. The molecule has 0 heterocycles. The normalized spacial score (nSPS) is 10.1. The molecule has 0 aliphatic heterocycles. The summed E-state index contributed by atoms with van der Waals surface area (Å²) in [6, 6.07) is 6.03. The van der Waals surface area contributed by atoms with Crippen molar-refractivity contribution in [2.45, 2.75) is 25.2 Å². The van der Waals surface area contributed by atoms with Crippen molar-refractivity contribution in [1.82, 2.24) is 0 Å². The average Bonchev–Trinajstić information content (AvgIpc) is 2.19. The fraction of sp³-hybridized carbons (Fsp3) is 0.333. The lowest BCUT2D eigenvalue weighted by molar-refractivity contribution is 1.11. The van der Waals surface area contributed by atoms with Gasteiger partial charge in [-0.2, -0.15) is 0 Å². The minimum absolute atomic E-state index is 0.834. The molecule has 14 heavy (non-hydrogen) atoms. The summed E-state index contributed by atoms with van der Waals surface area (Å²) in [5.74, 6) is 0.987. The second-order valence-electron chi connectivity index (χ2n) is 3.42. The van der Waals surface area contributed by atoms with E-state index in [2.05, 4.69) is 26.5 Å². The van der Waals surface area contributed by atoms with Gasteiger partial charge in [-0.05, 0) is 31.0 Å². The number of nitrogens with two attached hydrogens (primary N) is 1. The van der Waals surface area contributed by atoms with Crippen molar-refractivity contribution >= 4 is 17.4 Å². The van der Waals surface area contributed by atoms with Crippen LogP contribution < -0.4 is 5.73 Å². The van der Waals surface area contributed by atoms with Crippen molar-refractivity contribution in [2.75, 3.05) is 11.5 Å². The molecule has 1 aromatic carbocycles. The van der Waals surface area contributed by atoms with Crippen LogP contribution in [0.5, 0.6) is 0 Å². The Hall–Kier alpha value is -0.890. The van der Waals surface area contributed by atoms with E-state index in [1.54, 1.807) is 0 Å². The summed E-state index contributed by atoms with van der Waals surface area (Å²) >= 11 is 1.81. The van der Waals surface area contributed by atoms with Gasteiger partial charge in [0, 0.05) is 16.3 Å². The van der Waals surface area contributed by atoms with Crippen LogP contribution in [0, 0.1) is 6.92 Å². The summed E-state index contributed by atoms with van der Waals surface area (Å²) in [7, 11) is 0. The highest BCUT2D eigenvalue weighted by molar-refractivity contribution is 7.99. The van der Waals surface area contributed by atoms with Gasteiger partial charge in [0.2, 0.25) is 0 Å². The van der Waals surface area contributed by atoms with Crippen LogP contribution in [0.25, 0.3) is 0 Å². The molecule has 2 N–H and O–H groups in total. The van der Waals surface area contributed by atoms with Gasteiger partial charge >= 0.3 is 0 Å². The smallest absolute Gasteiger partial charge is 0.0325 e. The first-order valence-corrected chi connectivity index (χ1v) is 5.77. The van der Waals surface area contributed by atoms with Crippen molar-refractivity contribution in [2.24, 2.45) is 0 Å². The molecule has 0 unspecified atom stereocenters. The number of rotatable bonds is 4. The summed E-state index contributed by atoms with van der Waals surface area (Å²) in [6.07, 6.45) is 1.05. The molecule has 0 aliphatic carbocycles. The van der Waals surface area contributed by atoms with E-state index in [-0.39, 0.29) is 0 Å². The predicted molar refractivity (Wildman–Crippen MR) is 65.7 cm³/mol. The van der Waals surface area contributed by atoms with E-state index in [1.165, 1.54) is 16.0 Å². The Kier molecular flexibility index (Phi) is 4.08. The van der Waals surface area contributed by atoms with E-state index in [9.17, 15) is 0 Å². The third-order valence-electron chi connectivity index (χ3n) is 2.14. The van der Waals surface area contributed by atoms with Crippen molar-refractivity contribution in [3.63, 3.8) is 0 Å². The number of hydrogen-bond donors (Lipinski definition) is 1. The molecule has 0 bridgehead atoms. The Labute approximate surface area is 90.4 Å². The van der Waals surface area contributed by atoms with E-state index in [1.807, 2.05) is 23.9 Å². The molecule has 0 radical (unpaired) electrons. The average molecular weight is 207 g/mol. The van der Waals surface area contributed by atoms with Gasteiger partial charge in [-0.3, -0.25) is 0 Å². The van der Waals surface area contributed by atoms with Crippen molar-refractivity contribution in [1.29, 1.82) is 0 Å². The van der Waals surface area contributed by atoms with Gasteiger partial charge < -0.3 is 5.73 Å². The molecule has 1 nitrogen and oxygen atoms in total. The SMILES string of the molecule is C=C(CC)CSc1cc(N)ccc1C.